The molecule has 1 atom stereocenters. The van der Waals surface area contributed by atoms with E-state index in [9.17, 15) is 0 Å². The highest BCUT2D eigenvalue weighted by Crippen LogP contribution is 2.29. The van der Waals surface area contributed by atoms with Crippen molar-refractivity contribution in [3.05, 3.63) is 66.0 Å². The molecule has 0 radical (unpaired) electrons. The Morgan fingerprint density at radius 3 is 2.35 bits per heavy atom. The number of hydrogen-bond acceptors (Lipinski definition) is 2. The van der Waals surface area contributed by atoms with Crippen molar-refractivity contribution >= 4 is 0 Å². The first kappa shape index (κ1) is 13.3. The molecule has 2 aromatic rings. The monoisotopic (exact) mass is 266 g/mol. The van der Waals surface area contributed by atoms with Crippen molar-refractivity contribution in [2.75, 3.05) is 6.54 Å². The van der Waals surface area contributed by atoms with Crippen molar-refractivity contribution in [2.45, 2.75) is 31.7 Å². The molecule has 1 heterocycles. The first-order valence-electron chi connectivity index (χ1n) is 7.62. The molecule has 0 saturated heterocycles. The number of nitrogens with one attached hydrogen (secondary N) is 1. The summed E-state index contributed by atoms with van der Waals surface area (Å²) in [7, 11) is 0. The molecule has 3 rings (SSSR count). The first-order chi connectivity index (χ1) is 9.93. The maximum atomic E-state index is 4.12. The minimum atomic E-state index is 0.277. The van der Waals surface area contributed by atoms with Crippen LogP contribution in [0.15, 0.2) is 54.9 Å². The Hall–Kier alpha value is -1.67. The van der Waals surface area contributed by atoms with Crippen molar-refractivity contribution in [3.8, 4) is 0 Å². The highest BCUT2D eigenvalue weighted by molar-refractivity contribution is 5.30. The molecule has 0 amide bonds. The molecule has 1 N–H and O–H groups in total. The summed E-state index contributed by atoms with van der Waals surface area (Å²) in [5.41, 5.74) is 2.62. The summed E-state index contributed by atoms with van der Waals surface area (Å²) < 4.78 is 0. The smallest absolute Gasteiger partial charge is 0.0577 e. The Labute approximate surface area is 121 Å². The van der Waals surface area contributed by atoms with Gasteiger partial charge in [-0.25, -0.2) is 0 Å². The number of rotatable bonds is 6. The van der Waals surface area contributed by atoms with E-state index >= 15 is 0 Å². The summed E-state index contributed by atoms with van der Waals surface area (Å²) >= 11 is 0. The van der Waals surface area contributed by atoms with Gasteiger partial charge in [-0.3, -0.25) is 4.98 Å². The standard InChI is InChI=1S/C18H22N2/c1-2-7-16(8-3-1)18(17-10-12-19-13-11-17)20-14-9-15-5-4-6-15/h1-3,7-8,10-13,15,18,20H,4-6,9,14H2. The zero-order valence-corrected chi connectivity index (χ0v) is 11.8. The molecule has 1 aromatic carbocycles. The van der Waals surface area contributed by atoms with Gasteiger partial charge in [0.2, 0.25) is 0 Å². The van der Waals surface area contributed by atoms with Gasteiger partial charge in [0, 0.05) is 12.4 Å². The Bertz CT molecular complexity index is 466. The topological polar surface area (TPSA) is 24.9 Å². The van der Waals surface area contributed by atoms with Gasteiger partial charge in [-0.15, -0.1) is 0 Å². The van der Waals surface area contributed by atoms with E-state index in [0.717, 1.165) is 12.5 Å². The highest BCUT2D eigenvalue weighted by Gasteiger charge is 2.18. The molecule has 1 aliphatic carbocycles. The van der Waals surface area contributed by atoms with Crippen LogP contribution in [-0.4, -0.2) is 11.5 Å². The molecule has 2 nitrogen and oxygen atoms in total. The van der Waals surface area contributed by atoms with Crippen molar-refractivity contribution < 1.29 is 0 Å². The van der Waals surface area contributed by atoms with Crippen LogP contribution < -0.4 is 5.32 Å². The fourth-order valence-electron chi connectivity index (χ4n) is 2.84. The fraction of sp³-hybridized carbons (Fsp3) is 0.389. The quantitative estimate of drug-likeness (QED) is 0.856. The van der Waals surface area contributed by atoms with Crippen molar-refractivity contribution in [1.82, 2.24) is 10.3 Å². The van der Waals surface area contributed by atoms with Gasteiger partial charge in [0.15, 0.2) is 0 Å². The van der Waals surface area contributed by atoms with Gasteiger partial charge in [-0.05, 0) is 42.1 Å². The van der Waals surface area contributed by atoms with Gasteiger partial charge >= 0.3 is 0 Å². The Morgan fingerprint density at radius 2 is 1.70 bits per heavy atom. The second kappa shape index (κ2) is 6.67. The molecule has 1 saturated carbocycles. The molecular formula is C18H22N2. The largest absolute Gasteiger partial charge is 0.306 e. The third-order valence-electron chi connectivity index (χ3n) is 4.30. The number of benzene rings is 1. The molecule has 20 heavy (non-hydrogen) atoms. The van der Waals surface area contributed by atoms with Gasteiger partial charge in [0.25, 0.3) is 0 Å². The molecule has 1 unspecified atom stereocenters. The average molecular weight is 266 g/mol. The van der Waals surface area contributed by atoms with Crippen molar-refractivity contribution in [2.24, 2.45) is 5.92 Å². The summed E-state index contributed by atoms with van der Waals surface area (Å²) in [4.78, 5) is 4.12. The minimum Gasteiger partial charge on any atom is -0.306 e. The molecule has 1 aliphatic rings. The van der Waals surface area contributed by atoms with Crippen LogP contribution in [-0.2, 0) is 0 Å². The van der Waals surface area contributed by atoms with Gasteiger partial charge < -0.3 is 5.32 Å². The third kappa shape index (κ3) is 3.26. The van der Waals surface area contributed by atoms with Crippen LogP contribution in [0.4, 0.5) is 0 Å². The summed E-state index contributed by atoms with van der Waals surface area (Å²) in [5.74, 6) is 0.955. The summed E-state index contributed by atoms with van der Waals surface area (Å²) in [6.45, 7) is 1.09. The van der Waals surface area contributed by atoms with E-state index < -0.39 is 0 Å². The maximum Gasteiger partial charge on any atom is 0.0577 e. The Kier molecular flexibility index (Phi) is 4.44. The van der Waals surface area contributed by atoms with Gasteiger partial charge in [0.05, 0.1) is 6.04 Å². The molecular weight excluding hydrogens is 244 g/mol. The normalized spacial score (nSPS) is 16.6. The fourth-order valence-corrected chi connectivity index (χ4v) is 2.84. The lowest BCUT2D eigenvalue weighted by molar-refractivity contribution is 0.289. The van der Waals surface area contributed by atoms with E-state index in [1.165, 1.54) is 36.8 Å². The van der Waals surface area contributed by atoms with E-state index in [2.05, 4.69) is 52.8 Å². The van der Waals surface area contributed by atoms with Crippen LogP contribution in [0.2, 0.25) is 0 Å². The van der Waals surface area contributed by atoms with Crippen LogP contribution in [0.1, 0.15) is 42.9 Å². The molecule has 0 aliphatic heterocycles. The van der Waals surface area contributed by atoms with Crippen molar-refractivity contribution in [3.63, 3.8) is 0 Å². The van der Waals surface area contributed by atoms with E-state index in [4.69, 9.17) is 0 Å². The SMILES string of the molecule is c1ccc(C(NCCC2CCC2)c2ccncc2)cc1. The lowest BCUT2D eigenvalue weighted by Gasteiger charge is -2.27. The number of nitrogens with zero attached hydrogens (tertiary/aromatic N) is 1. The number of pyridine rings is 1. The van der Waals surface area contributed by atoms with E-state index in [1.807, 2.05) is 12.4 Å². The second-order valence-corrected chi connectivity index (χ2v) is 5.66. The lowest BCUT2D eigenvalue weighted by Crippen LogP contribution is -2.26. The molecule has 1 fully saturated rings. The summed E-state index contributed by atoms with van der Waals surface area (Å²) in [5, 5.41) is 3.72. The minimum absolute atomic E-state index is 0.277. The Morgan fingerprint density at radius 1 is 1.00 bits per heavy atom. The molecule has 0 bridgehead atoms. The Balaban J connectivity index is 1.70. The number of hydrogen-bond donors (Lipinski definition) is 1. The summed E-state index contributed by atoms with van der Waals surface area (Å²) in [6, 6.07) is 15.2. The third-order valence-corrected chi connectivity index (χ3v) is 4.30. The lowest BCUT2D eigenvalue weighted by atomic mass is 9.83. The van der Waals surface area contributed by atoms with E-state index in [0.29, 0.717) is 0 Å². The van der Waals surface area contributed by atoms with Crippen LogP contribution in [0, 0.1) is 5.92 Å². The van der Waals surface area contributed by atoms with E-state index in [1.54, 1.807) is 0 Å². The van der Waals surface area contributed by atoms with Gasteiger partial charge in [0.1, 0.15) is 0 Å². The first-order valence-corrected chi connectivity index (χ1v) is 7.62. The van der Waals surface area contributed by atoms with Crippen LogP contribution in [0.25, 0.3) is 0 Å². The predicted molar refractivity (Wildman–Crippen MR) is 82.5 cm³/mol. The van der Waals surface area contributed by atoms with E-state index in [-0.39, 0.29) is 6.04 Å². The zero-order valence-electron chi connectivity index (χ0n) is 11.8. The number of aromatic nitrogens is 1. The van der Waals surface area contributed by atoms with Gasteiger partial charge in [-0.1, -0.05) is 49.6 Å². The van der Waals surface area contributed by atoms with Crippen LogP contribution >= 0.6 is 0 Å². The average Bonchev–Trinajstić information content (AvgIpc) is 2.47. The predicted octanol–water partition coefficient (Wildman–Crippen LogP) is 3.95. The molecule has 2 heteroatoms. The van der Waals surface area contributed by atoms with Crippen LogP contribution in [0.3, 0.4) is 0 Å². The van der Waals surface area contributed by atoms with Crippen LogP contribution in [0.5, 0.6) is 0 Å². The molecule has 104 valence electrons. The second-order valence-electron chi connectivity index (χ2n) is 5.66. The maximum absolute atomic E-state index is 4.12. The zero-order chi connectivity index (χ0) is 13.6. The highest BCUT2D eigenvalue weighted by atomic mass is 14.9. The van der Waals surface area contributed by atoms with Crippen molar-refractivity contribution in [1.29, 1.82) is 0 Å². The molecule has 0 spiro atoms. The molecule has 1 aromatic heterocycles. The van der Waals surface area contributed by atoms with Gasteiger partial charge in [-0.2, -0.15) is 0 Å². The summed E-state index contributed by atoms with van der Waals surface area (Å²) in [6.07, 6.45) is 9.32.